The molecule has 0 unspecified atom stereocenters. The lowest BCUT2D eigenvalue weighted by Crippen LogP contribution is -2.15. The fourth-order valence-electron chi connectivity index (χ4n) is 0.970. The van der Waals surface area contributed by atoms with Crippen molar-refractivity contribution >= 4 is 18.6 Å². The minimum absolute atomic E-state index is 0.158. The monoisotopic (exact) mass is 238 g/mol. The van der Waals surface area contributed by atoms with Crippen molar-refractivity contribution in [3.63, 3.8) is 0 Å². The first-order valence-corrected chi connectivity index (χ1v) is 4.81. The van der Waals surface area contributed by atoms with Gasteiger partial charge in [0.2, 0.25) is 0 Å². The lowest BCUT2D eigenvalue weighted by atomic mass is 10.3. The van der Waals surface area contributed by atoms with E-state index in [1.54, 1.807) is 18.2 Å². The predicted molar refractivity (Wildman–Crippen MR) is 59.2 cm³/mol. The Labute approximate surface area is 98.1 Å². The molecule has 0 atom stereocenters. The van der Waals surface area contributed by atoms with Crippen molar-refractivity contribution in [3.05, 3.63) is 34.8 Å². The zero-order valence-electron chi connectivity index (χ0n) is 8.56. The normalized spacial score (nSPS) is 11.3. The van der Waals surface area contributed by atoms with E-state index in [0.717, 1.165) is 0 Å². The van der Waals surface area contributed by atoms with Crippen LogP contribution in [0.2, 0.25) is 0 Å². The summed E-state index contributed by atoms with van der Waals surface area (Å²) in [7, 11) is 1.20. The summed E-state index contributed by atoms with van der Waals surface area (Å²) in [6.07, 6.45) is 1.53. The van der Waals surface area contributed by atoms with Crippen molar-refractivity contribution in [1.29, 1.82) is 5.26 Å². The topological polar surface area (TPSA) is 75.3 Å². The van der Waals surface area contributed by atoms with Gasteiger partial charge in [0.05, 0.1) is 24.9 Å². The first-order chi connectivity index (χ1) is 7.69. The Hall–Kier alpha value is -1.87. The molecule has 0 aromatic carbocycles. The van der Waals surface area contributed by atoms with E-state index in [9.17, 15) is 4.79 Å². The van der Waals surface area contributed by atoms with E-state index < -0.39 is 5.97 Å². The van der Waals surface area contributed by atoms with Gasteiger partial charge in [0.1, 0.15) is 11.8 Å². The van der Waals surface area contributed by atoms with Crippen LogP contribution in [0.1, 0.15) is 5.76 Å². The summed E-state index contributed by atoms with van der Waals surface area (Å²) in [6.45, 7) is 0.341. The third kappa shape index (κ3) is 3.07. The first kappa shape index (κ1) is 12.2. The standard InChI is InChI=1S/C10H10N2O3S/c1-14-10(13)8(5-11)9(16)12-6-7-3-2-4-15-7/h2-4,12,16H,6H2,1H3/b9-8-. The fourth-order valence-corrected chi connectivity index (χ4v) is 1.19. The average Bonchev–Trinajstić information content (AvgIpc) is 2.79. The summed E-state index contributed by atoms with van der Waals surface area (Å²) in [5.74, 6) is -0.0480. The van der Waals surface area contributed by atoms with E-state index in [2.05, 4.69) is 22.7 Å². The maximum atomic E-state index is 11.1. The molecule has 0 aliphatic carbocycles. The van der Waals surface area contributed by atoms with Crippen LogP contribution in [0.15, 0.2) is 33.4 Å². The van der Waals surface area contributed by atoms with Gasteiger partial charge in [0, 0.05) is 0 Å². The molecule has 0 spiro atoms. The van der Waals surface area contributed by atoms with Crippen LogP contribution in [0.5, 0.6) is 0 Å². The van der Waals surface area contributed by atoms with Gasteiger partial charge in [-0.25, -0.2) is 4.79 Å². The first-order valence-electron chi connectivity index (χ1n) is 4.37. The summed E-state index contributed by atoms with van der Waals surface area (Å²) in [5.41, 5.74) is -0.169. The number of rotatable bonds is 4. The molecule has 5 nitrogen and oxygen atoms in total. The molecule has 1 heterocycles. The SMILES string of the molecule is COC(=O)/C(C#N)=C(\S)NCc1ccco1. The third-order valence-corrected chi connectivity index (χ3v) is 2.13. The van der Waals surface area contributed by atoms with Crippen LogP contribution in [0.25, 0.3) is 0 Å². The molecule has 0 aliphatic rings. The van der Waals surface area contributed by atoms with E-state index in [4.69, 9.17) is 9.68 Å². The zero-order valence-corrected chi connectivity index (χ0v) is 9.45. The molecular formula is C10H10N2O3S. The second-order valence-corrected chi connectivity index (χ2v) is 3.21. The maximum Gasteiger partial charge on any atom is 0.351 e. The maximum absolute atomic E-state index is 11.1. The number of carbonyl (C=O) groups is 1. The van der Waals surface area contributed by atoms with Crippen LogP contribution < -0.4 is 5.32 Å². The van der Waals surface area contributed by atoms with Gasteiger partial charge in [-0.1, -0.05) is 0 Å². The number of hydrogen-bond acceptors (Lipinski definition) is 6. The molecule has 84 valence electrons. The quantitative estimate of drug-likeness (QED) is 0.357. The number of ether oxygens (including phenoxy) is 1. The molecule has 16 heavy (non-hydrogen) atoms. The van der Waals surface area contributed by atoms with Gasteiger partial charge in [0.15, 0.2) is 5.57 Å². The van der Waals surface area contributed by atoms with Crippen LogP contribution in [0.3, 0.4) is 0 Å². The number of esters is 1. The van der Waals surface area contributed by atoms with Crippen LogP contribution in [0.4, 0.5) is 0 Å². The number of carbonyl (C=O) groups excluding carboxylic acids is 1. The van der Waals surface area contributed by atoms with E-state index in [-0.39, 0.29) is 10.6 Å². The molecule has 0 amide bonds. The smallest absolute Gasteiger partial charge is 0.351 e. The number of hydrogen-bond donors (Lipinski definition) is 2. The molecule has 0 saturated carbocycles. The van der Waals surface area contributed by atoms with Crippen molar-refractivity contribution < 1.29 is 13.9 Å². The molecular weight excluding hydrogens is 228 g/mol. The Morgan fingerprint density at radius 2 is 2.50 bits per heavy atom. The lowest BCUT2D eigenvalue weighted by molar-refractivity contribution is -0.135. The van der Waals surface area contributed by atoms with E-state index in [1.165, 1.54) is 13.4 Å². The largest absolute Gasteiger partial charge is 0.467 e. The van der Waals surface area contributed by atoms with Gasteiger partial charge in [-0.05, 0) is 12.1 Å². The minimum atomic E-state index is -0.723. The van der Waals surface area contributed by atoms with Crippen molar-refractivity contribution in [3.8, 4) is 6.07 Å². The van der Waals surface area contributed by atoms with E-state index in [1.807, 2.05) is 0 Å². The number of nitriles is 1. The number of nitrogens with zero attached hydrogens (tertiary/aromatic N) is 1. The molecule has 6 heteroatoms. The average molecular weight is 238 g/mol. The number of thiol groups is 1. The summed E-state index contributed by atoms with van der Waals surface area (Å²) in [4.78, 5) is 11.1. The van der Waals surface area contributed by atoms with Crippen LogP contribution >= 0.6 is 12.6 Å². The summed E-state index contributed by atoms with van der Waals surface area (Å²) in [6, 6.07) is 5.22. The van der Waals surface area contributed by atoms with Crippen LogP contribution in [-0.2, 0) is 16.1 Å². The van der Waals surface area contributed by atoms with Crippen LogP contribution in [-0.4, -0.2) is 13.1 Å². The van der Waals surface area contributed by atoms with Crippen molar-refractivity contribution in [2.75, 3.05) is 7.11 Å². The molecule has 0 saturated heterocycles. The number of nitrogens with one attached hydrogen (secondary N) is 1. The molecule has 0 radical (unpaired) electrons. The summed E-state index contributed by atoms with van der Waals surface area (Å²) < 4.78 is 9.50. The van der Waals surface area contributed by atoms with Gasteiger partial charge in [-0.3, -0.25) is 0 Å². The Kier molecular flexibility index (Phi) is 4.48. The Morgan fingerprint density at radius 1 is 1.75 bits per heavy atom. The minimum Gasteiger partial charge on any atom is -0.467 e. The molecule has 1 aromatic heterocycles. The summed E-state index contributed by atoms with van der Waals surface area (Å²) in [5, 5.41) is 11.7. The van der Waals surface area contributed by atoms with Crippen molar-refractivity contribution in [2.24, 2.45) is 0 Å². The fraction of sp³-hybridized carbons (Fsp3) is 0.200. The second-order valence-electron chi connectivity index (χ2n) is 2.76. The highest BCUT2D eigenvalue weighted by molar-refractivity contribution is 7.84. The van der Waals surface area contributed by atoms with Gasteiger partial charge in [-0.15, -0.1) is 12.6 Å². The van der Waals surface area contributed by atoms with Crippen molar-refractivity contribution in [1.82, 2.24) is 5.32 Å². The molecule has 1 aromatic rings. The highest BCUT2D eigenvalue weighted by Gasteiger charge is 2.13. The van der Waals surface area contributed by atoms with Gasteiger partial charge < -0.3 is 14.5 Å². The highest BCUT2D eigenvalue weighted by Crippen LogP contribution is 2.08. The van der Waals surface area contributed by atoms with Gasteiger partial charge in [0.25, 0.3) is 0 Å². The van der Waals surface area contributed by atoms with Gasteiger partial charge in [-0.2, -0.15) is 5.26 Å². The molecule has 0 aliphatic heterocycles. The Bertz CT molecular complexity index is 431. The van der Waals surface area contributed by atoms with Crippen molar-refractivity contribution in [2.45, 2.75) is 6.54 Å². The van der Waals surface area contributed by atoms with Crippen LogP contribution in [0, 0.1) is 11.3 Å². The Balaban J connectivity index is 2.68. The molecule has 1 rings (SSSR count). The molecule has 0 bridgehead atoms. The Morgan fingerprint density at radius 3 is 3.00 bits per heavy atom. The van der Waals surface area contributed by atoms with E-state index in [0.29, 0.717) is 12.3 Å². The second kappa shape index (κ2) is 5.88. The van der Waals surface area contributed by atoms with E-state index >= 15 is 0 Å². The van der Waals surface area contributed by atoms with Gasteiger partial charge >= 0.3 is 5.97 Å². The molecule has 1 N–H and O–H groups in total. The number of methoxy groups -OCH3 is 1. The number of furan rings is 1. The summed E-state index contributed by atoms with van der Waals surface area (Å²) >= 11 is 4.01. The predicted octanol–water partition coefficient (Wildman–Crippen LogP) is 1.21. The lowest BCUT2D eigenvalue weighted by Gasteiger charge is -2.05. The third-order valence-electron chi connectivity index (χ3n) is 1.75. The zero-order chi connectivity index (χ0) is 12.0. The molecule has 0 fully saturated rings. The highest BCUT2D eigenvalue weighted by atomic mass is 32.1.